The Morgan fingerprint density at radius 1 is 1.30 bits per heavy atom. The second-order valence-electron chi connectivity index (χ2n) is 1.81. The van der Waals surface area contributed by atoms with E-state index in [-0.39, 0.29) is 19.5 Å². The van der Waals surface area contributed by atoms with Gasteiger partial charge in [-0.2, -0.15) is 0 Å². The van der Waals surface area contributed by atoms with Crippen LogP contribution in [0.25, 0.3) is 0 Å². The zero-order valence-corrected chi connectivity index (χ0v) is 9.10. The van der Waals surface area contributed by atoms with Crippen LogP contribution in [0.5, 0.6) is 5.75 Å². The van der Waals surface area contributed by atoms with E-state index in [9.17, 15) is 0 Å². The molecule has 1 aromatic carbocycles. The third kappa shape index (κ3) is 2.11. The van der Waals surface area contributed by atoms with Crippen LogP contribution in [0.1, 0.15) is 5.56 Å². The Labute approximate surface area is 74.2 Å². The zero-order valence-electron chi connectivity index (χ0n) is 6.13. The fourth-order valence-corrected chi connectivity index (χ4v) is 0.703. The minimum atomic E-state index is 0. The average molecular weight is 187 g/mol. The molecule has 0 unspecified atom stereocenters. The monoisotopic (exact) mass is 185 g/mol. The Kier molecular flexibility index (Phi) is 4.30. The molecule has 1 rings (SSSR count). The molecule has 0 aliphatic heterocycles. The van der Waals surface area contributed by atoms with Crippen LogP contribution in [0.3, 0.4) is 0 Å². The summed E-state index contributed by atoms with van der Waals surface area (Å²) >= 11 is 0. The van der Waals surface area contributed by atoms with Gasteiger partial charge in [0.25, 0.3) is 0 Å². The molecule has 1 radical (unpaired) electrons. The van der Waals surface area contributed by atoms with Crippen molar-refractivity contribution in [3.05, 3.63) is 36.8 Å². The van der Waals surface area contributed by atoms with Gasteiger partial charge in [-0.05, 0) is 18.6 Å². The van der Waals surface area contributed by atoms with Crippen molar-refractivity contribution in [2.24, 2.45) is 0 Å². The van der Waals surface area contributed by atoms with Crippen molar-refractivity contribution in [3.8, 4) is 5.75 Å². The summed E-state index contributed by atoms with van der Waals surface area (Å²) in [4.78, 5) is 0. The number of hydrogen-bond donors (Lipinski definition) is 0. The van der Waals surface area contributed by atoms with E-state index in [0.717, 1.165) is 11.3 Å². The molecule has 2 heteroatoms. The summed E-state index contributed by atoms with van der Waals surface area (Å²) in [5, 5.41) is 0. The normalized spacial score (nSPS) is 8.20. The first-order valence-corrected chi connectivity index (χ1v) is 2.79. The van der Waals surface area contributed by atoms with Gasteiger partial charge in [-0.1, -0.05) is 18.2 Å². The van der Waals surface area contributed by atoms with Crippen LogP contribution in [0.4, 0.5) is 0 Å². The standard InChI is InChI=1S/C8H9O.Zn/c1-7-5-3-4-6-8(7)9-2;/h3-6H,1H2,2H3;. The third-order valence-corrected chi connectivity index (χ3v) is 1.19. The van der Waals surface area contributed by atoms with E-state index in [0.29, 0.717) is 0 Å². The number of hydrogen-bond acceptors (Lipinski definition) is 1. The van der Waals surface area contributed by atoms with Gasteiger partial charge in [0.2, 0.25) is 0 Å². The van der Waals surface area contributed by atoms with Crippen molar-refractivity contribution in [1.29, 1.82) is 0 Å². The minimum Gasteiger partial charge on any atom is -0.496 e. The molecule has 0 atom stereocenters. The minimum absolute atomic E-state index is 0. The van der Waals surface area contributed by atoms with Crippen molar-refractivity contribution in [2.45, 2.75) is 0 Å². The van der Waals surface area contributed by atoms with Gasteiger partial charge >= 0.3 is 0 Å². The van der Waals surface area contributed by atoms with E-state index >= 15 is 0 Å². The zero-order chi connectivity index (χ0) is 6.69. The van der Waals surface area contributed by atoms with E-state index in [1.54, 1.807) is 7.11 Å². The van der Waals surface area contributed by atoms with Gasteiger partial charge in [-0.25, -0.2) is 0 Å². The Morgan fingerprint density at radius 3 is 2.30 bits per heavy atom. The number of para-hydroxylation sites is 1. The predicted molar refractivity (Wildman–Crippen MR) is 37.5 cm³/mol. The molecule has 0 saturated carbocycles. The summed E-state index contributed by atoms with van der Waals surface area (Å²) in [5.74, 6) is 0.845. The SMILES string of the molecule is [CH2]c1ccccc1OC.[Zn]. The molecule has 0 aromatic heterocycles. The summed E-state index contributed by atoms with van der Waals surface area (Å²) in [6.07, 6.45) is 0. The van der Waals surface area contributed by atoms with Gasteiger partial charge < -0.3 is 4.74 Å². The van der Waals surface area contributed by atoms with Gasteiger partial charge in [0.1, 0.15) is 5.75 Å². The smallest absolute Gasteiger partial charge is 0.122 e. The molecule has 0 aliphatic carbocycles. The fourth-order valence-electron chi connectivity index (χ4n) is 0.703. The topological polar surface area (TPSA) is 9.23 Å². The molecule has 1 aromatic rings. The fraction of sp³-hybridized carbons (Fsp3) is 0.125. The molecule has 1 nitrogen and oxygen atoms in total. The second-order valence-corrected chi connectivity index (χ2v) is 1.81. The van der Waals surface area contributed by atoms with E-state index in [1.165, 1.54) is 0 Å². The van der Waals surface area contributed by atoms with Crippen LogP contribution in [-0.4, -0.2) is 7.11 Å². The van der Waals surface area contributed by atoms with E-state index in [2.05, 4.69) is 6.92 Å². The molecule has 0 heterocycles. The Balaban J connectivity index is 0.000000810. The van der Waals surface area contributed by atoms with Crippen molar-refractivity contribution < 1.29 is 24.2 Å². The van der Waals surface area contributed by atoms with Crippen LogP contribution >= 0.6 is 0 Å². The van der Waals surface area contributed by atoms with E-state index < -0.39 is 0 Å². The molecule has 0 saturated heterocycles. The Morgan fingerprint density at radius 2 is 1.90 bits per heavy atom. The van der Waals surface area contributed by atoms with Crippen molar-refractivity contribution >= 4 is 0 Å². The first kappa shape index (κ1) is 9.64. The number of ether oxygens (including phenoxy) is 1. The summed E-state index contributed by atoms with van der Waals surface area (Å²) in [5.41, 5.74) is 0.931. The molecule has 0 spiro atoms. The Bertz CT molecular complexity index is 198. The van der Waals surface area contributed by atoms with Gasteiger partial charge in [0, 0.05) is 19.5 Å². The first-order valence-electron chi connectivity index (χ1n) is 2.79. The van der Waals surface area contributed by atoms with Crippen LogP contribution in [0, 0.1) is 6.92 Å². The molecule has 0 bridgehead atoms. The number of methoxy groups -OCH3 is 1. The van der Waals surface area contributed by atoms with Crippen LogP contribution in [-0.2, 0) is 19.5 Å². The maximum Gasteiger partial charge on any atom is 0.122 e. The third-order valence-electron chi connectivity index (χ3n) is 1.19. The van der Waals surface area contributed by atoms with Gasteiger partial charge in [-0.3, -0.25) is 0 Å². The molecular weight excluding hydrogens is 177 g/mol. The molecule has 0 fully saturated rings. The molecule has 0 N–H and O–H groups in total. The first-order chi connectivity index (χ1) is 4.34. The molecular formula is C8H9OZn. The molecule has 10 heavy (non-hydrogen) atoms. The number of benzene rings is 1. The summed E-state index contributed by atoms with van der Waals surface area (Å²) in [6.45, 7) is 3.77. The maximum atomic E-state index is 4.98. The quantitative estimate of drug-likeness (QED) is 0.609. The largest absolute Gasteiger partial charge is 0.496 e. The van der Waals surface area contributed by atoms with Crippen molar-refractivity contribution in [2.75, 3.05) is 7.11 Å². The van der Waals surface area contributed by atoms with Gasteiger partial charge in [0.05, 0.1) is 7.11 Å². The summed E-state index contributed by atoms with van der Waals surface area (Å²) in [7, 11) is 1.64. The van der Waals surface area contributed by atoms with E-state index in [4.69, 9.17) is 4.74 Å². The van der Waals surface area contributed by atoms with E-state index in [1.807, 2.05) is 24.3 Å². The van der Waals surface area contributed by atoms with Gasteiger partial charge in [-0.15, -0.1) is 0 Å². The van der Waals surface area contributed by atoms with Gasteiger partial charge in [0.15, 0.2) is 0 Å². The second kappa shape index (κ2) is 4.46. The van der Waals surface area contributed by atoms with Crippen LogP contribution in [0.15, 0.2) is 24.3 Å². The predicted octanol–water partition coefficient (Wildman–Crippen LogP) is 1.87. The van der Waals surface area contributed by atoms with Crippen LogP contribution in [0.2, 0.25) is 0 Å². The van der Waals surface area contributed by atoms with Crippen LogP contribution < -0.4 is 4.74 Å². The average Bonchev–Trinajstić information content (AvgIpc) is 1.89. The van der Waals surface area contributed by atoms with Crippen molar-refractivity contribution in [1.82, 2.24) is 0 Å². The maximum absolute atomic E-state index is 4.98. The molecule has 0 amide bonds. The summed E-state index contributed by atoms with van der Waals surface area (Å²) in [6, 6.07) is 7.67. The summed E-state index contributed by atoms with van der Waals surface area (Å²) < 4.78 is 4.98. The number of rotatable bonds is 1. The molecule has 0 aliphatic rings. The Hall–Kier alpha value is -0.357. The molecule has 49 valence electrons. The van der Waals surface area contributed by atoms with Crippen molar-refractivity contribution in [3.63, 3.8) is 0 Å².